The van der Waals surface area contributed by atoms with E-state index in [9.17, 15) is 4.79 Å². The summed E-state index contributed by atoms with van der Waals surface area (Å²) in [6, 6.07) is -0.118. The van der Waals surface area contributed by atoms with Gasteiger partial charge in [-0.05, 0) is 26.7 Å². The smallest absolute Gasteiger partial charge is 0.258 e. The van der Waals surface area contributed by atoms with E-state index in [0.29, 0.717) is 17.9 Å². The Hall–Kier alpha value is -2.18. The average molecular weight is 303 g/mol. The Morgan fingerprint density at radius 1 is 1.32 bits per heavy atom. The molecule has 0 unspecified atom stereocenters. The minimum atomic E-state index is -0.118. The van der Waals surface area contributed by atoms with E-state index < -0.39 is 0 Å². The van der Waals surface area contributed by atoms with Crippen molar-refractivity contribution < 1.29 is 9.32 Å². The van der Waals surface area contributed by atoms with Crippen molar-refractivity contribution in [3.63, 3.8) is 0 Å². The summed E-state index contributed by atoms with van der Waals surface area (Å²) in [6.45, 7) is 4.52. The van der Waals surface area contributed by atoms with Gasteiger partial charge in [0, 0.05) is 19.3 Å². The zero-order valence-electron chi connectivity index (χ0n) is 13.2. The predicted octanol–water partition coefficient (Wildman–Crippen LogP) is 2.18. The van der Waals surface area contributed by atoms with Gasteiger partial charge in [0.25, 0.3) is 5.91 Å². The van der Waals surface area contributed by atoms with Crippen molar-refractivity contribution in [1.29, 1.82) is 0 Å². The second kappa shape index (κ2) is 5.90. The van der Waals surface area contributed by atoms with Crippen molar-refractivity contribution in [2.24, 2.45) is 7.05 Å². The van der Waals surface area contributed by atoms with Gasteiger partial charge in [0.2, 0.25) is 6.39 Å². The first-order valence-electron chi connectivity index (χ1n) is 7.67. The summed E-state index contributed by atoms with van der Waals surface area (Å²) in [5.74, 6) is 0.606. The predicted molar refractivity (Wildman–Crippen MR) is 79.2 cm³/mol. The standard InChI is InChI=1S/C15H21N5O2/c1-10-13(11(2)19(3)17-10)15(21)20-8-6-4-5-7-12(20)14-16-9-22-18-14/h9,12H,4-8H2,1-3H3/t12-/m1/s1. The maximum absolute atomic E-state index is 13.1. The van der Waals surface area contributed by atoms with Crippen molar-refractivity contribution in [3.05, 3.63) is 29.2 Å². The number of nitrogens with zero attached hydrogens (tertiary/aromatic N) is 5. The molecule has 0 bridgehead atoms. The zero-order valence-corrected chi connectivity index (χ0v) is 13.2. The molecule has 118 valence electrons. The molecule has 1 aliphatic heterocycles. The molecule has 0 spiro atoms. The molecule has 1 amide bonds. The van der Waals surface area contributed by atoms with Crippen molar-refractivity contribution in [1.82, 2.24) is 24.8 Å². The summed E-state index contributed by atoms with van der Waals surface area (Å²) in [7, 11) is 1.86. The second-order valence-corrected chi connectivity index (χ2v) is 5.82. The normalized spacial score (nSPS) is 19.2. The van der Waals surface area contributed by atoms with Crippen molar-refractivity contribution in [2.45, 2.75) is 45.6 Å². The van der Waals surface area contributed by atoms with Gasteiger partial charge in [-0.1, -0.05) is 18.0 Å². The molecule has 22 heavy (non-hydrogen) atoms. The number of carbonyl (C=O) groups excluding carboxylic acids is 1. The van der Waals surface area contributed by atoms with Crippen LogP contribution in [-0.4, -0.2) is 37.3 Å². The third-order valence-corrected chi connectivity index (χ3v) is 4.41. The molecular formula is C15H21N5O2. The SMILES string of the molecule is Cc1nn(C)c(C)c1C(=O)N1CCCCC[C@@H]1c1ncon1. The topological polar surface area (TPSA) is 77.0 Å². The molecule has 1 atom stereocenters. The van der Waals surface area contributed by atoms with Crippen LogP contribution < -0.4 is 0 Å². The molecule has 3 heterocycles. The summed E-state index contributed by atoms with van der Waals surface area (Å²) < 4.78 is 6.63. The van der Waals surface area contributed by atoms with Gasteiger partial charge in [-0.15, -0.1) is 0 Å². The summed E-state index contributed by atoms with van der Waals surface area (Å²) in [4.78, 5) is 19.1. The molecule has 7 nitrogen and oxygen atoms in total. The summed E-state index contributed by atoms with van der Waals surface area (Å²) in [5.41, 5.74) is 2.35. The van der Waals surface area contributed by atoms with Gasteiger partial charge in [-0.3, -0.25) is 9.48 Å². The van der Waals surface area contributed by atoms with E-state index in [2.05, 4.69) is 15.2 Å². The number of hydrogen-bond donors (Lipinski definition) is 0. The third-order valence-electron chi connectivity index (χ3n) is 4.41. The molecule has 2 aromatic rings. The van der Waals surface area contributed by atoms with Crippen LogP contribution >= 0.6 is 0 Å². The lowest BCUT2D eigenvalue weighted by Gasteiger charge is -2.28. The molecular weight excluding hydrogens is 282 g/mol. The highest BCUT2D eigenvalue weighted by atomic mass is 16.5. The number of amides is 1. The van der Waals surface area contributed by atoms with Gasteiger partial charge >= 0.3 is 0 Å². The summed E-state index contributed by atoms with van der Waals surface area (Å²) in [5, 5.41) is 8.31. The molecule has 1 saturated heterocycles. The number of aromatic nitrogens is 4. The van der Waals surface area contributed by atoms with E-state index in [1.807, 2.05) is 25.8 Å². The highest BCUT2D eigenvalue weighted by Gasteiger charge is 2.32. The largest absolute Gasteiger partial charge is 0.343 e. The lowest BCUT2D eigenvalue weighted by molar-refractivity contribution is 0.0668. The Morgan fingerprint density at radius 3 is 2.77 bits per heavy atom. The fourth-order valence-corrected chi connectivity index (χ4v) is 3.17. The number of carbonyl (C=O) groups is 1. The third kappa shape index (κ3) is 2.51. The lowest BCUT2D eigenvalue weighted by Crippen LogP contribution is -2.36. The second-order valence-electron chi connectivity index (χ2n) is 5.82. The maximum Gasteiger partial charge on any atom is 0.258 e. The van der Waals surface area contributed by atoms with Gasteiger partial charge in [-0.2, -0.15) is 10.1 Å². The first kappa shape index (κ1) is 14.7. The monoisotopic (exact) mass is 303 g/mol. The molecule has 0 aromatic carbocycles. The fourth-order valence-electron chi connectivity index (χ4n) is 3.17. The zero-order chi connectivity index (χ0) is 15.7. The first-order chi connectivity index (χ1) is 10.6. The Bertz CT molecular complexity index is 662. The fraction of sp³-hybridized carbons (Fsp3) is 0.600. The molecule has 0 N–H and O–H groups in total. The Labute approximate surface area is 129 Å². The van der Waals surface area contributed by atoms with Gasteiger partial charge in [-0.25, -0.2) is 0 Å². The van der Waals surface area contributed by atoms with E-state index in [1.54, 1.807) is 4.68 Å². The van der Waals surface area contributed by atoms with Crippen LogP contribution in [0.3, 0.4) is 0 Å². The van der Waals surface area contributed by atoms with Crippen LogP contribution in [0.1, 0.15) is 59.3 Å². The minimum absolute atomic E-state index is 0.0137. The molecule has 0 saturated carbocycles. The molecule has 3 rings (SSSR count). The van der Waals surface area contributed by atoms with Crippen molar-refractivity contribution in [2.75, 3.05) is 6.54 Å². The lowest BCUT2D eigenvalue weighted by atomic mass is 10.1. The van der Waals surface area contributed by atoms with E-state index in [1.165, 1.54) is 6.39 Å². The maximum atomic E-state index is 13.1. The quantitative estimate of drug-likeness (QED) is 0.849. The van der Waals surface area contributed by atoms with Gasteiger partial charge < -0.3 is 9.42 Å². The number of hydrogen-bond acceptors (Lipinski definition) is 5. The number of rotatable bonds is 2. The van der Waals surface area contributed by atoms with Crippen molar-refractivity contribution >= 4 is 5.91 Å². The molecule has 1 aliphatic rings. The molecule has 1 fully saturated rings. The summed E-state index contributed by atoms with van der Waals surface area (Å²) >= 11 is 0. The molecule has 2 aromatic heterocycles. The van der Waals surface area contributed by atoms with Gasteiger partial charge in [0.1, 0.15) is 0 Å². The first-order valence-corrected chi connectivity index (χ1v) is 7.67. The molecule has 0 radical (unpaired) electrons. The number of aryl methyl sites for hydroxylation is 2. The molecule has 0 aliphatic carbocycles. The Balaban J connectivity index is 1.97. The number of likely N-dealkylation sites (tertiary alicyclic amines) is 1. The van der Waals surface area contributed by atoms with Crippen LogP contribution in [-0.2, 0) is 7.05 Å². The van der Waals surface area contributed by atoms with Crippen LogP contribution in [0.2, 0.25) is 0 Å². The summed E-state index contributed by atoms with van der Waals surface area (Å²) in [6.07, 6.45) is 5.36. The van der Waals surface area contributed by atoms with Crippen molar-refractivity contribution in [3.8, 4) is 0 Å². The highest BCUT2D eigenvalue weighted by molar-refractivity contribution is 5.96. The van der Waals surface area contributed by atoms with Gasteiger partial charge in [0.05, 0.1) is 17.3 Å². The van der Waals surface area contributed by atoms with Crippen LogP contribution in [0.15, 0.2) is 10.9 Å². The van der Waals surface area contributed by atoms with E-state index in [4.69, 9.17) is 4.52 Å². The Morgan fingerprint density at radius 2 is 2.14 bits per heavy atom. The van der Waals surface area contributed by atoms with Crippen LogP contribution in [0.4, 0.5) is 0 Å². The molecule has 7 heteroatoms. The highest BCUT2D eigenvalue weighted by Crippen LogP contribution is 2.30. The van der Waals surface area contributed by atoms with E-state index >= 15 is 0 Å². The van der Waals surface area contributed by atoms with Crippen LogP contribution in [0.5, 0.6) is 0 Å². The Kier molecular flexibility index (Phi) is 3.96. The average Bonchev–Trinajstić information content (AvgIpc) is 3.01. The van der Waals surface area contributed by atoms with E-state index in [0.717, 1.165) is 37.1 Å². The van der Waals surface area contributed by atoms with Crippen LogP contribution in [0.25, 0.3) is 0 Å². The van der Waals surface area contributed by atoms with Crippen LogP contribution in [0, 0.1) is 13.8 Å². The van der Waals surface area contributed by atoms with E-state index in [-0.39, 0.29) is 11.9 Å². The van der Waals surface area contributed by atoms with Gasteiger partial charge in [0.15, 0.2) is 5.82 Å². The minimum Gasteiger partial charge on any atom is -0.343 e.